The van der Waals surface area contributed by atoms with Crippen LogP contribution in [0.1, 0.15) is 12.5 Å². The molecular weight excluding hydrogens is 358 g/mol. The highest BCUT2D eigenvalue weighted by atomic mass is 35.5. The van der Waals surface area contributed by atoms with Gasteiger partial charge in [-0.15, -0.1) is 10.2 Å². The van der Waals surface area contributed by atoms with Gasteiger partial charge >= 0.3 is 6.03 Å². The first-order chi connectivity index (χ1) is 10.8. The van der Waals surface area contributed by atoms with E-state index in [2.05, 4.69) is 15.5 Å². The smallest absolute Gasteiger partial charge is 0.318 e. The van der Waals surface area contributed by atoms with Gasteiger partial charge in [0, 0.05) is 10.7 Å². The number of nitrogens with two attached hydrogens (primary N) is 1. The van der Waals surface area contributed by atoms with Crippen LogP contribution in [0, 0.1) is 6.92 Å². The van der Waals surface area contributed by atoms with E-state index in [4.69, 9.17) is 17.3 Å². The third-order valence-electron chi connectivity index (χ3n) is 2.72. The van der Waals surface area contributed by atoms with Crippen LogP contribution in [0.15, 0.2) is 22.5 Å². The van der Waals surface area contributed by atoms with Crippen molar-refractivity contribution in [3.8, 4) is 0 Å². The van der Waals surface area contributed by atoms with Crippen LogP contribution >= 0.6 is 34.7 Å². The maximum Gasteiger partial charge on any atom is 0.318 e. The number of nitrogens with zero attached hydrogens (tertiary/aromatic N) is 2. The number of benzene rings is 1. The van der Waals surface area contributed by atoms with E-state index in [-0.39, 0.29) is 0 Å². The number of anilines is 2. The molecule has 0 aliphatic rings. The normalized spacial score (nSPS) is 11.8. The van der Waals surface area contributed by atoms with E-state index in [1.807, 2.05) is 24.4 Å². The lowest BCUT2D eigenvalue weighted by Crippen LogP contribution is -2.39. The Labute approximate surface area is 146 Å². The Morgan fingerprint density at radius 1 is 1.39 bits per heavy atom. The summed E-state index contributed by atoms with van der Waals surface area (Å²) in [5.74, 6) is -0.475. The number of urea groups is 1. The molecule has 122 valence electrons. The second kappa shape index (κ2) is 7.62. The second-order valence-electron chi connectivity index (χ2n) is 4.58. The van der Waals surface area contributed by atoms with Crippen LogP contribution in [0.25, 0.3) is 0 Å². The molecule has 0 aliphatic carbocycles. The molecule has 0 bridgehead atoms. The van der Waals surface area contributed by atoms with Crippen molar-refractivity contribution >= 4 is 57.5 Å². The van der Waals surface area contributed by atoms with E-state index in [1.165, 1.54) is 23.1 Å². The van der Waals surface area contributed by atoms with Crippen LogP contribution in [0.5, 0.6) is 0 Å². The molecule has 0 aliphatic heterocycles. The number of carbonyl (C=O) groups excluding carboxylic acids is 2. The average Bonchev–Trinajstić information content (AvgIpc) is 2.89. The Bertz CT molecular complexity index is 737. The number of aromatic nitrogens is 2. The molecule has 0 fully saturated rings. The number of aryl methyl sites for hydroxylation is 1. The molecule has 0 saturated carbocycles. The molecule has 4 N–H and O–H groups in total. The van der Waals surface area contributed by atoms with Gasteiger partial charge in [0.2, 0.25) is 11.0 Å². The standard InChI is InChI=1S/C13H14ClN5O2S2/c1-6-3-4-8(5-9(6)14)16-12-18-19-13(23-12)22-7(2)10(20)17-11(15)21/h3-5,7H,1-2H3,(H,16,18)(H3,15,17,20,21)/t7-/m0/s1. The van der Waals surface area contributed by atoms with E-state index >= 15 is 0 Å². The van der Waals surface area contributed by atoms with Gasteiger partial charge < -0.3 is 11.1 Å². The minimum atomic E-state index is -0.877. The van der Waals surface area contributed by atoms with Crippen LogP contribution in [-0.2, 0) is 4.79 Å². The Morgan fingerprint density at radius 2 is 2.13 bits per heavy atom. The van der Waals surface area contributed by atoms with Crippen molar-refractivity contribution in [1.82, 2.24) is 15.5 Å². The van der Waals surface area contributed by atoms with Gasteiger partial charge in [-0.1, -0.05) is 40.8 Å². The number of nitrogens with one attached hydrogen (secondary N) is 2. The third kappa shape index (κ3) is 5.08. The van der Waals surface area contributed by atoms with E-state index in [0.717, 1.165) is 11.3 Å². The van der Waals surface area contributed by atoms with Crippen LogP contribution in [0.4, 0.5) is 15.6 Å². The molecule has 1 atom stereocenters. The second-order valence-corrected chi connectivity index (χ2v) is 7.55. The highest BCUT2D eigenvalue weighted by Gasteiger charge is 2.18. The van der Waals surface area contributed by atoms with E-state index < -0.39 is 17.2 Å². The molecule has 1 aromatic carbocycles. The number of hydrogen-bond acceptors (Lipinski definition) is 7. The number of imide groups is 1. The van der Waals surface area contributed by atoms with E-state index in [0.29, 0.717) is 14.5 Å². The highest BCUT2D eigenvalue weighted by Crippen LogP contribution is 2.31. The number of thioether (sulfide) groups is 1. The minimum absolute atomic E-state index is 0.475. The molecule has 0 spiro atoms. The zero-order valence-electron chi connectivity index (χ0n) is 12.3. The van der Waals surface area contributed by atoms with Crippen LogP contribution in [-0.4, -0.2) is 27.4 Å². The van der Waals surface area contributed by atoms with Gasteiger partial charge in [-0.05, 0) is 31.5 Å². The van der Waals surface area contributed by atoms with E-state index in [1.54, 1.807) is 13.0 Å². The van der Waals surface area contributed by atoms with Crippen LogP contribution < -0.4 is 16.4 Å². The average molecular weight is 372 g/mol. The summed E-state index contributed by atoms with van der Waals surface area (Å²) < 4.78 is 0.595. The highest BCUT2D eigenvalue weighted by molar-refractivity contribution is 8.02. The summed E-state index contributed by atoms with van der Waals surface area (Å²) in [4.78, 5) is 22.3. The first kappa shape index (κ1) is 17.5. The fourth-order valence-corrected chi connectivity index (χ4v) is 3.63. The van der Waals surface area contributed by atoms with Crippen molar-refractivity contribution in [1.29, 1.82) is 0 Å². The van der Waals surface area contributed by atoms with Gasteiger partial charge in [-0.25, -0.2) is 4.79 Å². The fraction of sp³-hybridized carbons (Fsp3) is 0.231. The Morgan fingerprint density at radius 3 is 2.78 bits per heavy atom. The van der Waals surface area contributed by atoms with Crippen molar-refractivity contribution in [3.05, 3.63) is 28.8 Å². The quantitative estimate of drug-likeness (QED) is 0.697. The predicted octanol–water partition coefficient (Wildman–Crippen LogP) is 2.92. The summed E-state index contributed by atoms with van der Waals surface area (Å²) in [6.45, 7) is 3.57. The van der Waals surface area contributed by atoms with Gasteiger partial charge in [-0.2, -0.15) is 0 Å². The molecule has 0 unspecified atom stereocenters. The number of amides is 3. The molecule has 1 heterocycles. The lowest BCUT2D eigenvalue weighted by molar-refractivity contribution is -0.119. The maximum atomic E-state index is 11.6. The maximum absolute atomic E-state index is 11.6. The van der Waals surface area contributed by atoms with Crippen molar-refractivity contribution in [2.75, 3.05) is 5.32 Å². The number of carbonyl (C=O) groups is 2. The lowest BCUT2D eigenvalue weighted by Gasteiger charge is -2.06. The minimum Gasteiger partial charge on any atom is -0.351 e. The van der Waals surface area contributed by atoms with Crippen molar-refractivity contribution in [2.45, 2.75) is 23.4 Å². The topological polar surface area (TPSA) is 110 Å². The first-order valence-electron chi connectivity index (χ1n) is 6.49. The Kier molecular flexibility index (Phi) is 5.80. The lowest BCUT2D eigenvalue weighted by atomic mass is 10.2. The molecular formula is C13H14ClN5O2S2. The number of halogens is 1. The fourth-order valence-electron chi connectivity index (χ4n) is 1.53. The van der Waals surface area contributed by atoms with Crippen molar-refractivity contribution in [3.63, 3.8) is 0 Å². The molecule has 3 amide bonds. The van der Waals surface area contributed by atoms with Gasteiger partial charge in [0.1, 0.15) is 0 Å². The summed E-state index contributed by atoms with van der Waals surface area (Å²) >= 11 is 8.55. The monoisotopic (exact) mass is 371 g/mol. The zero-order chi connectivity index (χ0) is 17.0. The molecule has 23 heavy (non-hydrogen) atoms. The third-order valence-corrected chi connectivity index (χ3v) is 5.15. The predicted molar refractivity (Wildman–Crippen MR) is 92.4 cm³/mol. The van der Waals surface area contributed by atoms with Gasteiger partial charge in [0.15, 0.2) is 4.34 Å². The molecule has 1 aromatic heterocycles. The van der Waals surface area contributed by atoms with Gasteiger partial charge in [0.25, 0.3) is 0 Å². The first-order valence-corrected chi connectivity index (χ1v) is 8.56. The van der Waals surface area contributed by atoms with Crippen LogP contribution in [0.3, 0.4) is 0 Å². The number of primary amides is 1. The number of hydrogen-bond donors (Lipinski definition) is 3. The largest absolute Gasteiger partial charge is 0.351 e. The van der Waals surface area contributed by atoms with E-state index in [9.17, 15) is 9.59 Å². The van der Waals surface area contributed by atoms with Crippen LogP contribution in [0.2, 0.25) is 5.02 Å². The summed E-state index contributed by atoms with van der Waals surface area (Å²) in [5.41, 5.74) is 6.70. The summed E-state index contributed by atoms with van der Waals surface area (Å²) in [6.07, 6.45) is 0. The summed E-state index contributed by atoms with van der Waals surface area (Å²) in [7, 11) is 0. The van der Waals surface area contributed by atoms with Gasteiger partial charge in [0.05, 0.1) is 5.25 Å². The molecule has 10 heteroatoms. The molecule has 7 nitrogen and oxygen atoms in total. The molecule has 2 rings (SSSR count). The summed E-state index contributed by atoms with van der Waals surface area (Å²) in [6, 6.07) is 4.71. The van der Waals surface area contributed by atoms with Gasteiger partial charge in [-0.3, -0.25) is 10.1 Å². The molecule has 0 saturated heterocycles. The molecule has 2 aromatic rings. The van der Waals surface area contributed by atoms with Crippen molar-refractivity contribution in [2.24, 2.45) is 5.73 Å². The zero-order valence-corrected chi connectivity index (χ0v) is 14.7. The Hall–Kier alpha value is -1.84. The number of rotatable bonds is 5. The molecule has 0 radical (unpaired) electrons. The van der Waals surface area contributed by atoms with Crippen molar-refractivity contribution < 1.29 is 9.59 Å². The Balaban J connectivity index is 1.98. The SMILES string of the molecule is Cc1ccc(Nc2nnc(S[C@@H](C)C(=O)NC(N)=O)s2)cc1Cl. The summed E-state index contributed by atoms with van der Waals surface area (Å²) in [5, 5.41) is 13.8.